The van der Waals surface area contributed by atoms with Gasteiger partial charge in [-0.15, -0.1) is 0 Å². The quantitative estimate of drug-likeness (QED) is 0.678. The topological polar surface area (TPSA) is 49.8 Å². The van der Waals surface area contributed by atoms with Gasteiger partial charge in [0.2, 0.25) is 5.95 Å². The molecule has 0 saturated heterocycles. The van der Waals surface area contributed by atoms with Crippen molar-refractivity contribution in [2.24, 2.45) is 0 Å². The van der Waals surface area contributed by atoms with Crippen LogP contribution in [-0.2, 0) is 0 Å². The third-order valence-electron chi connectivity index (χ3n) is 2.68. The van der Waals surface area contributed by atoms with E-state index in [4.69, 9.17) is 0 Å². The van der Waals surface area contributed by atoms with Gasteiger partial charge < -0.3 is 10.6 Å². The second kappa shape index (κ2) is 9.02. The number of nitrogens with zero attached hydrogens (tertiary/aromatic N) is 2. The summed E-state index contributed by atoms with van der Waals surface area (Å²) in [6, 6.07) is 2.44. The minimum Gasteiger partial charge on any atom is -0.367 e. The lowest BCUT2D eigenvalue weighted by molar-refractivity contribution is 0.765. The summed E-state index contributed by atoms with van der Waals surface area (Å²) in [6.07, 6.45) is 2.23. The molecule has 0 amide bonds. The summed E-state index contributed by atoms with van der Waals surface area (Å²) in [7, 11) is 0. The van der Waals surface area contributed by atoms with Crippen molar-refractivity contribution in [1.29, 1.82) is 0 Å². The minimum atomic E-state index is 0.437. The number of nitrogens with one attached hydrogen (secondary N) is 2. The summed E-state index contributed by atoms with van der Waals surface area (Å²) in [4.78, 5) is 8.89. The minimum absolute atomic E-state index is 0.437. The Labute approximate surface area is 121 Å². The predicted octanol–water partition coefficient (Wildman–Crippen LogP) is 3.55. The first-order valence-corrected chi connectivity index (χ1v) is 8.25. The van der Waals surface area contributed by atoms with E-state index in [9.17, 15) is 0 Å². The molecule has 0 aromatic carbocycles. The largest absolute Gasteiger partial charge is 0.367 e. The van der Waals surface area contributed by atoms with Crippen LogP contribution in [0, 0.1) is 6.92 Å². The second-order valence-electron chi connectivity index (χ2n) is 4.68. The van der Waals surface area contributed by atoms with Crippen LogP contribution in [0.15, 0.2) is 6.07 Å². The van der Waals surface area contributed by atoms with E-state index in [2.05, 4.69) is 41.4 Å². The van der Waals surface area contributed by atoms with E-state index in [-0.39, 0.29) is 0 Å². The zero-order chi connectivity index (χ0) is 14.1. The van der Waals surface area contributed by atoms with Crippen molar-refractivity contribution in [1.82, 2.24) is 9.97 Å². The smallest absolute Gasteiger partial charge is 0.224 e. The molecular formula is C14H26N4S. The lowest BCUT2D eigenvalue weighted by Crippen LogP contribution is -2.18. The summed E-state index contributed by atoms with van der Waals surface area (Å²) in [5.41, 5.74) is 0.992. The van der Waals surface area contributed by atoms with E-state index in [1.54, 1.807) is 0 Å². The van der Waals surface area contributed by atoms with E-state index in [0.29, 0.717) is 6.04 Å². The third-order valence-corrected chi connectivity index (χ3v) is 3.61. The van der Waals surface area contributed by atoms with Gasteiger partial charge >= 0.3 is 0 Å². The number of thioether (sulfide) groups is 1. The van der Waals surface area contributed by atoms with Crippen LogP contribution in [-0.4, -0.2) is 34.1 Å². The second-order valence-corrected chi connectivity index (χ2v) is 6.07. The molecular weight excluding hydrogens is 256 g/mol. The highest BCUT2D eigenvalue weighted by Gasteiger charge is 2.05. The van der Waals surface area contributed by atoms with Crippen LogP contribution in [0.5, 0.6) is 0 Å². The van der Waals surface area contributed by atoms with E-state index in [1.165, 1.54) is 11.5 Å². The zero-order valence-electron chi connectivity index (χ0n) is 12.5. The first-order chi connectivity index (χ1) is 9.15. The predicted molar refractivity (Wildman–Crippen MR) is 86.3 cm³/mol. The fraction of sp³-hybridized carbons (Fsp3) is 0.714. The molecule has 4 nitrogen and oxygen atoms in total. The van der Waals surface area contributed by atoms with Crippen LogP contribution < -0.4 is 10.6 Å². The van der Waals surface area contributed by atoms with Gasteiger partial charge in [0.15, 0.2) is 0 Å². The molecule has 19 heavy (non-hydrogen) atoms. The van der Waals surface area contributed by atoms with Gasteiger partial charge in [-0.2, -0.15) is 16.7 Å². The molecule has 1 unspecified atom stereocenters. The summed E-state index contributed by atoms with van der Waals surface area (Å²) in [6.45, 7) is 9.44. The molecule has 0 aliphatic heterocycles. The van der Waals surface area contributed by atoms with Crippen molar-refractivity contribution in [2.75, 3.05) is 28.7 Å². The van der Waals surface area contributed by atoms with Crippen LogP contribution in [0.4, 0.5) is 11.8 Å². The van der Waals surface area contributed by atoms with Crippen molar-refractivity contribution in [2.45, 2.75) is 46.6 Å². The average molecular weight is 282 g/mol. The molecule has 0 saturated carbocycles. The van der Waals surface area contributed by atoms with Gasteiger partial charge in [0.25, 0.3) is 0 Å². The van der Waals surface area contributed by atoms with Crippen molar-refractivity contribution >= 4 is 23.5 Å². The van der Waals surface area contributed by atoms with E-state index in [1.807, 2.05) is 24.8 Å². The first kappa shape index (κ1) is 16.1. The Hall–Kier alpha value is -0.970. The summed E-state index contributed by atoms with van der Waals surface area (Å²) in [5, 5.41) is 6.69. The molecule has 0 fully saturated rings. The summed E-state index contributed by atoms with van der Waals surface area (Å²) < 4.78 is 0. The molecule has 2 N–H and O–H groups in total. The summed E-state index contributed by atoms with van der Waals surface area (Å²) >= 11 is 1.98. The van der Waals surface area contributed by atoms with Gasteiger partial charge in [0, 0.05) is 24.3 Å². The Morgan fingerprint density at radius 2 is 2.11 bits per heavy atom. The van der Waals surface area contributed by atoms with Crippen molar-refractivity contribution in [3.05, 3.63) is 11.8 Å². The Kier molecular flexibility index (Phi) is 7.63. The standard InChI is InChI=1S/C14H26N4S/c1-5-8-15-14-17-12(4)10-13(18-14)16-11(3)7-9-19-6-2/h10-11H,5-9H2,1-4H3,(H2,15,16,17,18). The van der Waals surface area contributed by atoms with Crippen molar-refractivity contribution in [3.8, 4) is 0 Å². The van der Waals surface area contributed by atoms with Gasteiger partial charge in [-0.05, 0) is 38.2 Å². The van der Waals surface area contributed by atoms with Crippen LogP contribution in [0.2, 0.25) is 0 Å². The highest BCUT2D eigenvalue weighted by atomic mass is 32.2. The lowest BCUT2D eigenvalue weighted by atomic mass is 10.2. The molecule has 1 rings (SSSR count). The number of hydrogen-bond donors (Lipinski definition) is 2. The fourth-order valence-electron chi connectivity index (χ4n) is 1.69. The molecule has 1 heterocycles. The van der Waals surface area contributed by atoms with Crippen LogP contribution in [0.3, 0.4) is 0 Å². The molecule has 1 atom stereocenters. The number of aromatic nitrogens is 2. The van der Waals surface area contributed by atoms with Crippen molar-refractivity contribution in [3.63, 3.8) is 0 Å². The van der Waals surface area contributed by atoms with Gasteiger partial charge in [-0.3, -0.25) is 0 Å². The first-order valence-electron chi connectivity index (χ1n) is 7.09. The maximum absolute atomic E-state index is 4.50. The number of anilines is 2. The normalized spacial score (nSPS) is 12.2. The Bertz CT molecular complexity index is 370. The maximum Gasteiger partial charge on any atom is 0.224 e. The molecule has 1 aromatic rings. The average Bonchev–Trinajstić information content (AvgIpc) is 2.36. The van der Waals surface area contributed by atoms with Gasteiger partial charge in [0.1, 0.15) is 5.82 Å². The van der Waals surface area contributed by atoms with E-state index < -0.39 is 0 Å². The Morgan fingerprint density at radius 3 is 2.79 bits per heavy atom. The third kappa shape index (κ3) is 6.66. The van der Waals surface area contributed by atoms with Crippen LogP contribution >= 0.6 is 11.8 Å². The van der Waals surface area contributed by atoms with E-state index >= 15 is 0 Å². The van der Waals surface area contributed by atoms with Crippen LogP contribution in [0.1, 0.15) is 39.3 Å². The molecule has 5 heteroatoms. The molecule has 0 bridgehead atoms. The SMILES string of the molecule is CCCNc1nc(C)cc(NC(C)CCSCC)n1. The molecule has 1 aromatic heterocycles. The molecule has 0 spiro atoms. The lowest BCUT2D eigenvalue weighted by Gasteiger charge is -2.15. The molecule has 108 valence electrons. The highest BCUT2D eigenvalue weighted by molar-refractivity contribution is 7.99. The van der Waals surface area contributed by atoms with Gasteiger partial charge in [0.05, 0.1) is 0 Å². The number of hydrogen-bond acceptors (Lipinski definition) is 5. The fourth-order valence-corrected chi connectivity index (χ4v) is 2.50. The molecule has 0 radical (unpaired) electrons. The highest BCUT2D eigenvalue weighted by Crippen LogP contribution is 2.13. The van der Waals surface area contributed by atoms with Gasteiger partial charge in [-0.1, -0.05) is 13.8 Å². The monoisotopic (exact) mass is 282 g/mol. The molecule has 0 aliphatic carbocycles. The maximum atomic E-state index is 4.50. The van der Waals surface area contributed by atoms with Crippen molar-refractivity contribution < 1.29 is 0 Å². The zero-order valence-corrected chi connectivity index (χ0v) is 13.3. The number of rotatable bonds is 9. The van der Waals surface area contributed by atoms with Gasteiger partial charge in [-0.25, -0.2) is 4.98 Å². The number of aryl methyl sites for hydroxylation is 1. The molecule has 0 aliphatic rings. The van der Waals surface area contributed by atoms with E-state index in [0.717, 1.165) is 36.8 Å². The summed E-state index contributed by atoms with van der Waals surface area (Å²) in [5.74, 6) is 4.01. The Balaban J connectivity index is 2.54. The van der Waals surface area contributed by atoms with Crippen LogP contribution in [0.25, 0.3) is 0 Å². The Morgan fingerprint density at radius 1 is 1.32 bits per heavy atom.